The lowest BCUT2D eigenvalue weighted by Gasteiger charge is -2.43. The molecule has 1 aromatic carbocycles. The lowest BCUT2D eigenvalue weighted by Crippen LogP contribution is -2.50. The first kappa shape index (κ1) is 25.0. The number of anilines is 4. The van der Waals surface area contributed by atoms with Crippen LogP contribution >= 0.6 is 0 Å². The molecule has 11 nitrogen and oxygen atoms in total. The third kappa shape index (κ3) is 4.72. The number of carbonyl (C=O) groups is 2. The first-order chi connectivity index (χ1) is 17.3. The van der Waals surface area contributed by atoms with Crippen LogP contribution in [0.3, 0.4) is 0 Å². The summed E-state index contributed by atoms with van der Waals surface area (Å²) in [4.78, 5) is 28.2. The zero-order valence-corrected chi connectivity index (χ0v) is 20.2. The van der Waals surface area contributed by atoms with E-state index in [-0.39, 0.29) is 29.0 Å². The second-order valence-corrected chi connectivity index (χ2v) is 9.24. The van der Waals surface area contributed by atoms with E-state index in [0.717, 1.165) is 12.8 Å². The van der Waals surface area contributed by atoms with Crippen LogP contribution in [-0.2, 0) is 17.2 Å². The summed E-state index contributed by atoms with van der Waals surface area (Å²) in [6.07, 6.45) is 1.62. The molecule has 16 heteroatoms. The maximum Gasteiger partial charge on any atom is 0.272 e. The van der Waals surface area contributed by atoms with Crippen LogP contribution in [-0.4, -0.2) is 88.5 Å². The van der Waals surface area contributed by atoms with E-state index in [0.29, 0.717) is 28.3 Å². The van der Waals surface area contributed by atoms with Gasteiger partial charge in [0, 0.05) is 37.0 Å². The van der Waals surface area contributed by atoms with Crippen LogP contribution in [0.1, 0.15) is 29.0 Å². The van der Waals surface area contributed by atoms with Gasteiger partial charge in [-0.1, -0.05) is 17.4 Å². The highest BCUT2D eigenvalue weighted by Gasteiger charge is 2.39. The number of aryl methyl sites for hydroxylation is 1. The van der Waals surface area contributed by atoms with E-state index in [9.17, 15) is 9.59 Å². The molecular formula is C21H18B5N9O2. The number of nitrogens with zero attached hydrogens (tertiary/aromatic N) is 6. The molecule has 0 unspecified atom stereocenters. The average Bonchev–Trinajstić information content (AvgIpc) is 3.58. The molecule has 1 aliphatic carbocycles. The molecule has 2 amide bonds. The minimum Gasteiger partial charge on any atom is -0.378 e. The summed E-state index contributed by atoms with van der Waals surface area (Å²) < 4.78 is 0. The number of amides is 2. The van der Waals surface area contributed by atoms with Gasteiger partial charge < -0.3 is 20.9 Å². The molecule has 0 saturated heterocycles. The fourth-order valence-electron chi connectivity index (χ4n) is 4.09. The van der Waals surface area contributed by atoms with Gasteiger partial charge in [0.25, 0.3) is 5.91 Å². The van der Waals surface area contributed by atoms with Crippen molar-refractivity contribution >= 4 is 73.9 Å². The summed E-state index contributed by atoms with van der Waals surface area (Å²) in [5.74, 6) is -0.877. The molecule has 1 saturated carbocycles. The number of nitrogens with one attached hydrogen (secondary N) is 3. The Balaban J connectivity index is 1.59. The molecule has 1 fully saturated rings. The van der Waals surface area contributed by atoms with Gasteiger partial charge in [-0.05, 0) is 18.9 Å². The second kappa shape index (κ2) is 8.71. The fraction of sp³-hybridized carbons (Fsp3) is 0.333. The smallest absolute Gasteiger partial charge is 0.272 e. The van der Waals surface area contributed by atoms with Crippen molar-refractivity contribution in [3.8, 4) is 11.3 Å². The molecule has 1 aliphatic heterocycles. The van der Waals surface area contributed by atoms with Gasteiger partial charge in [0.2, 0.25) is 5.91 Å². The highest BCUT2D eigenvalue weighted by atomic mass is 16.2. The number of para-hydroxylation sites is 1. The molecule has 10 radical (unpaired) electrons. The molecule has 5 rings (SSSR count). The van der Waals surface area contributed by atoms with Gasteiger partial charge >= 0.3 is 0 Å². The van der Waals surface area contributed by atoms with Gasteiger partial charge in [-0.2, -0.15) is 15.0 Å². The Kier molecular flexibility index (Phi) is 5.88. The van der Waals surface area contributed by atoms with E-state index in [2.05, 4.69) is 36.3 Å². The van der Waals surface area contributed by atoms with E-state index in [1.807, 2.05) is 6.07 Å². The predicted octanol–water partition coefficient (Wildman–Crippen LogP) is -0.892. The van der Waals surface area contributed by atoms with Crippen molar-refractivity contribution in [3.63, 3.8) is 0 Å². The molecule has 3 aromatic rings. The van der Waals surface area contributed by atoms with Crippen molar-refractivity contribution < 1.29 is 9.59 Å². The molecule has 3 heterocycles. The number of benzene rings is 1. The number of hydrogen-bond donors (Lipinski definition) is 3. The first-order valence-electron chi connectivity index (χ1n) is 11.4. The Labute approximate surface area is 220 Å². The van der Waals surface area contributed by atoms with Crippen LogP contribution < -0.4 is 20.9 Å². The molecular weight excluding hydrogens is 464 g/mol. The molecule has 0 bridgehead atoms. The summed E-state index contributed by atoms with van der Waals surface area (Å²) in [5, 5.41) is 21.4. The Bertz CT molecular complexity index is 1420. The summed E-state index contributed by atoms with van der Waals surface area (Å²) in [6.45, 7) is 0. The number of hydrogen-bond acceptors (Lipinski definition) is 8. The van der Waals surface area contributed by atoms with Gasteiger partial charge in [0.15, 0.2) is 11.5 Å². The van der Waals surface area contributed by atoms with Crippen LogP contribution in [0.2, 0.25) is 0 Å². The van der Waals surface area contributed by atoms with Crippen molar-refractivity contribution in [2.24, 2.45) is 13.0 Å². The minimum atomic E-state index is -2.00. The van der Waals surface area contributed by atoms with E-state index in [1.54, 1.807) is 31.1 Å². The summed E-state index contributed by atoms with van der Waals surface area (Å²) >= 11 is 0. The van der Waals surface area contributed by atoms with Gasteiger partial charge in [-0.15, -0.1) is 10.2 Å². The monoisotopic (exact) mass is 483 g/mol. The van der Waals surface area contributed by atoms with Crippen molar-refractivity contribution in [1.29, 1.82) is 0 Å². The van der Waals surface area contributed by atoms with Gasteiger partial charge in [-0.3, -0.25) is 9.59 Å². The zero-order chi connectivity index (χ0) is 26.7. The minimum absolute atomic E-state index is 0.0632. The summed E-state index contributed by atoms with van der Waals surface area (Å²) in [7, 11) is 33.0. The summed E-state index contributed by atoms with van der Waals surface area (Å²) in [6, 6.07) is 6.88. The number of fused-ring (bicyclic) bond motifs is 3. The molecule has 2 aliphatic rings. The Hall–Kier alpha value is -3.70. The van der Waals surface area contributed by atoms with Gasteiger partial charge in [-0.25, -0.2) is 0 Å². The molecule has 2 aromatic heterocycles. The second-order valence-electron chi connectivity index (χ2n) is 9.24. The highest BCUT2D eigenvalue weighted by molar-refractivity contribution is 6.60. The van der Waals surface area contributed by atoms with E-state index >= 15 is 0 Å². The fourth-order valence-corrected chi connectivity index (χ4v) is 4.09. The lowest BCUT2D eigenvalue weighted by atomic mass is 9.49. The number of aromatic nitrogens is 5. The topological polar surface area (TPSA) is 130 Å². The largest absolute Gasteiger partial charge is 0.378 e. The van der Waals surface area contributed by atoms with Crippen LogP contribution in [0.25, 0.3) is 11.3 Å². The van der Waals surface area contributed by atoms with Gasteiger partial charge in [0.1, 0.15) is 5.69 Å². The SMILES string of the molecule is [B]C([B])([B])NC(=O)c1nnc(NC(=O)C2CC2)cc1Nc1cccc2c1N(C)C([B])([B])c1nn(C)nc1-2. The molecule has 3 N–H and O–H groups in total. The molecule has 0 spiro atoms. The summed E-state index contributed by atoms with van der Waals surface area (Å²) in [5.41, 5.74) is 2.76. The average molecular weight is 482 g/mol. The van der Waals surface area contributed by atoms with Crippen molar-refractivity contribution in [2.45, 2.75) is 23.4 Å². The zero-order valence-electron chi connectivity index (χ0n) is 20.2. The number of rotatable bonds is 6. The molecule has 174 valence electrons. The van der Waals surface area contributed by atoms with E-state index in [1.165, 1.54) is 10.9 Å². The third-order valence-corrected chi connectivity index (χ3v) is 6.08. The first-order valence-corrected chi connectivity index (χ1v) is 11.4. The number of carbonyl (C=O) groups excluding carboxylic acids is 2. The predicted molar refractivity (Wildman–Crippen MR) is 142 cm³/mol. The van der Waals surface area contributed by atoms with Crippen molar-refractivity contribution in [1.82, 2.24) is 30.5 Å². The lowest BCUT2D eigenvalue weighted by molar-refractivity contribution is -0.117. The van der Waals surface area contributed by atoms with E-state index < -0.39 is 16.5 Å². The normalized spacial score (nSPS) is 15.9. The van der Waals surface area contributed by atoms with Crippen LogP contribution in [0, 0.1) is 5.92 Å². The van der Waals surface area contributed by atoms with Crippen molar-refractivity contribution in [2.75, 3.05) is 22.6 Å². The molecule has 0 atom stereocenters. The van der Waals surface area contributed by atoms with Gasteiger partial charge in [0.05, 0.1) is 62.0 Å². The van der Waals surface area contributed by atoms with Crippen molar-refractivity contribution in [3.05, 3.63) is 35.7 Å². The maximum absolute atomic E-state index is 12.9. The quantitative estimate of drug-likeness (QED) is 0.386. The highest BCUT2D eigenvalue weighted by Crippen LogP contribution is 2.47. The Morgan fingerprint density at radius 2 is 1.81 bits per heavy atom. The third-order valence-electron chi connectivity index (χ3n) is 6.08. The Morgan fingerprint density at radius 1 is 1.08 bits per heavy atom. The maximum atomic E-state index is 12.9. The van der Waals surface area contributed by atoms with Crippen LogP contribution in [0.15, 0.2) is 24.3 Å². The Morgan fingerprint density at radius 3 is 2.49 bits per heavy atom. The molecule has 37 heavy (non-hydrogen) atoms. The van der Waals surface area contributed by atoms with Crippen LogP contribution in [0.4, 0.5) is 22.9 Å². The standard InChI is InChI=1S/C21H18B5N9O2/c1-34-16-10(14-17(20(34,22)23)33-35(2)32-14)4-3-5-11(16)27-12-8-13(28-18(36)9-6-7-9)30-31-15(12)19(37)29-21(24,25)26/h3-5,8-9H,6-7H2,1-2H3,(H,29,37)(H2,27,28,30,36). The van der Waals surface area contributed by atoms with Crippen LogP contribution in [0.5, 0.6) is 0 Å². The van der Waals surface area contributed by atoms with E-state index in [4.69, 9.17) is 39.2 Å².